The second-order valence-electron chi connectivity index (χ2n) is 5.05. The zero-order valence-electron chi connectivity index (χ0n) is 12.1. The van der Waals surface area contributed by atoms with Gasteiger partial charge < -0.3 is 14.4 Å². The molecule has 0 N–H and O–H groups in total. The van der Waals surface area contributed by atoms with E-state index in [9.17, 15) is 0 Å². The lowest BCUT2D eigenvalue weighted by Crippen LogP contribution is -2.38. The van der Waals surface area contributed by atoms with Crippen molar-refractivity contribution in [1.29, 1.82) is 0 Å². The van der Waals surface area contributed by atoms with Crippen LogP contribution in [0.5, 0.6) is 11.6 Å². The van der Waals surface area contributed by atoms with E-state index in [0.717, 1.165) is 37.4 Å². The number of pyridine rings is 2. The lowest BCUT2D eigenvalue weighted by molar-refractivity contribution is 0.171. The van der Waals surface area contributed by atoms with Crippen molar-refractivity contribution in [3.63, 3.8) is 0 Å². The van der Waals surface area contributed by atoms with Gasteiger partial charge in [0.1, 0.15) is 11.9 Å². The van der Waals surface area contributed by atoms with E-state index in [1.807, 2.05) is 24.4 Å². The number of methoxy groups -OCH3 is 1. The molecule has 21 heavy (non-hydrogen) atoms. The van der Waals surface area contributed by atoms with Crippen LogP contribution >= 0.6 is 0 Å². The minimum atomic E-state index is 0.273. The molecule has 0 spiro atoms. The molecule has 0 aromatic carbocycles. The molecule has 2 aromatic rings. The fourth-order valence-electron chi connectivity index (χ4n) is 2.52. The Bertz CT molecular complexity index is 551. The predicted molar refractivity (Wildman–Crippen MR) is 80.9 cm³/mol. The van der Waals surface area contributed by atoms with E-state index in [-0.39, 0.29) is 6.10 Å². The topological polar surface area (TPSA) is 47.5 Å². The maximum absolute atomic E-state index is 5.97. The third-order valence-corrected chi connectivity index (χ3v) is 3.69. The first-order valence-electron chi connectivity index (χ1n) is 7.17. The molecule has 0 amide bonds. The summed E-state index contributed by atoms with van der Waals surface area (Å²) < 4.78 is 11.1. The van der Waals surface area contributed by atoms with Crippen molar-refractivity contribution < 1.29 is 9.47 Å². The molecule has 5 heteroatoms. The van der Waals surface area contributed by atoms with Crippen molar-refractivity contribution in [2.75, 3.05) is 25.1 Å². The molecule has 2 aromatic heterocycles. The van der Waals surface area contributed by atoms with Crippen LogP contribution in [0.3, 0.4) is 0 Å². The van der Waals surface area contributed by atoms with Gasteiger partial charge in [-0.05, 0) is 18.2 Å². The molecule has 0 saturated carbocycles. The number of ether oxygens (including phenoxy) is 2. The molecule has 110 valence electrons. The van der Waals surface area contributed by atoms with Crippen LogP contribution in [-0.4, -0.2) is 36.3 Å². The number of hydrogen-bond donors (Lipinski definition) is 0. The lowest BCUT2D eigenvalue weighted by Gasteiger charge is -2.33. The van der Waals surface area contributed by atoms with Crippen molar-refractivity contribution >= 4 is 5.69 Å². The minimum Gasteiger partial charge on any atom is -0.490 e. The Morgan fingerprint density at radius 2 is 1.86 bits per heavy atom. The molecule has 0 radical (unpaired) electrons. The Hall–Kier alpha value is -2.30. The van der Waals surface area contributed by atoms with Crippen molar-refractivity contribution in [3.05, 3.63) is 42.9 Å². The second-order valence-corrected chi connectivity index (χ2v) is 5.05. The first-order chi connectivity index (χ1) is 10.3. The van der Waals surface area contributed by atoms with E-state index in [1.165, 1.54) is 0 Å². The highest BCUT2D eigenvalue weighted by Gasteiger charge is 2.21. The first-order valence-corrected chi connectivity index (χ1v) is 7.17. The maximum Gasteiger partial charge on any atom is 0.213 e. The number of aromatic nitrogens is 2. The largest absolute Gasteiger partial charge is 0.490 e. The normalized spacial score (nSPS) is 15.8. The summed E-state index contributed by atoms with van der Waals surface area (Å²) >= 11 is 0. The number of anilines is 1. The van der Waals surface area contributed by atoms with E-state index in [4.69, 9.17) is 9.47 Å². The average molecular weight is 285 g/mol. The summed E-state index contributed by atoms with van der Waals surface area (Å²) in [5.74, 6) is 1.55. The Labute approximate surface area is 124 Å². The van der Waals surface area contributed by atoms with E-state index in [2.05, 4.69) is 20.9 Å². The van der Waals surface area contributed by atoms with E-state index < -0.39 is 0 Å². The fourth-order valence-corrected chi connectivity index (χ4v) is 2.52. The standard InChI is InChI=1S/C16H19N3O2/c1-20-16-3-2-13(12-18-16)19-10-6-15(7-11-19)21-14-4-8-17-9-5-14/h2-5,8-9,12,15H,6-7,10-11H2,1H3. The molecule has 0 unspecified atom stereocenters. The van der Waals surface area contributed by atoms with Crippen LogP contribution in [0.25, 0.3) is 0 Å². The number of piperidine rings is 1. The van der Waals surface area contributed by atoms with Crippen molar-refractivity contribution in [3.8, 4) is 11.6 Å². The smallest absolute Gasteiger partial charge is 0.213 e. The molecular formula is C16H19N3O2. The molecular weight excluding hydrogens is 266 g/mol. The number of rotatable bonds is 4. The van der Waals surface area contributed by atoms with Crippen LogP contribution < -0.4 is 14.4 Å². The fraction of sp³-hybridized carbons (Fsp3) is 0.375. The Kier molecular flexibility index (Phi) is 4.19. The lowest BCUT2D eigenvalue weighted by atomic mass is 10.1. The zero-order valence-corrected chi connectivity index (χ0v) is 12.1. The Balaban J connectivity index is 1.54. The summed E-state index contributed by atoms with van der Waals surface area (Å²) in [5.41, 5.74) is 1.14. The predicted octanol–water partition coefficient (Wildman–Crippen LogP) is 2.53. The first kappa shape index (κ1) is 13.7. The number of nitrogens with zero attached hydrogens (tertiary/aromatic N) is 3. The molecule has 0 atom stereocenters. The van der Waals surface area contributed by atoms with Crippen LogP contribution in [0.1, 0.15) is 12.8 Å². The SMILES string of the molecule is COc1ccc(N2CCC(Oc3ccncc3)CC2)cn1. The van der Waals surface area contributed by atoms with Crippen LogP contribution in [0, 0.1) is 0 Å². The van der Waals surface area contributed by atoms with Crippen molar-refractivity contribution in [1.82, 2.24) is 9.97 Å². The van der Waals surface area contributed by atoms with Gasteiger partial charge in [-0.1, -0.05) is 0 Å². The third-order valence-electron chi connectivity index (χ3n) is 3.69. The van der Waals surface area contributed by atoms with Gasteiger partial charge in [-0.25, -0.2) is 4.98 Å². The van der Waals surface area contributed by atoms with Gasteiger partial charge in [0.15, 0.2) is 0 Å². The zero-order chi connectivity index (χ0) is 14.5. The summed E-state index contributed by atoms with van der Waals surface area (Å²) in [6, 6.07) is 7.75. The van der Waals surface area contributed by atoms with Crippen LogP contribution in [0.2, 0.25) is 0 Å². The van der Waals surface area contributed by atoms with Crippen molar-refractivity contribution in [2.45, 2.75) is 18.9 Å². The minimum absolute atomic E-state index is 0.273. The molecule has 1 aliphatic heterocycles. The van der Waals surface area contributed by atoms with E-state index in [1.54, 1.807) is 19.5 Å². The average Bonchev–Trinajstić information content (AvgIpc) is 2.57. The highest BCUT2D eigenvalue weighted by Crippen LogP contribution is 2.23. The van der Waals surface area contributed by atoms with Gasteiger partial charge in [0.05, 0.1) is 19.0 Å². The van der Waals surface area contributed by atoms with Crippen LogP contribution in [-0.2, 0) is 0 Å². The van der Waals surface area contributed by atoms with E-state index in [0.29, 0.717) is 5.88 Å². The molecule has 1 fully saturated rings. The molecule has 1 aliphatic rings. The van der Waals surface area contributed by atoms with Crippen molar-refractivity contribution in [2.24, 2.45) is 0 Å². The van der Waals surface area contributed by atoms with Gasteiger partial charge in [0, 0.05) is 44.4 Å². The summed E-state index contributed by atoms with van der Waals surface area (Å²) in [7, 11) is 1.63. The van der Waals surface area contributed by atoms with Gasteiger partial charge in [-0.3, -0.25) is 4.98 Å². The van der Waals surface area contributed by atoms with Crippen LogP contribution in [0.15, 0.2) is 42.9 Å². The molecule has 0 bridgehead atoms. The summed E-state index contributed by atoms with van der Waals surface area (Å²) in [5, 5.41) is 0. The Morgan fingerprint density at radius 1 is 1.10 bits per heavy atom. The van der Waals surface area contributed by atoms with Crippen LogP contribution in [0.4, 0.5) is 5.69 Å². The van der Waals surface area contributed by atoms with E-state index >= 15 is 0 Å². The van der Waals surface area contributed by atoms with Gasteiger partial charge in [-0.2, -0.15) is 0 Å². The highest BCUT2D eigenvalue weighted by atomic mass is 16.5. The molecule has 3 heterocycles. The Morgan fingerprint density at radius 3 is 2.48 bits per heavy atom. The molecule has 3 rings (SSSR count). The summed E-state index contributed by atoms with van der Waals surface area (Å²) in [4.78, 5) is 10.6. The quantitative estimate of drug-likeness (QED) is 0.864. The number of hydrogen-bond acceptors (Lipinski definition) is 5. The highest BCUT2D eigenvalue weighted by molar-refractivity contribution is 5.45. The van der Waals surface area contributed by atoms with Gasteiger partial charge >= 0.3 is 0 Å². The second kappa shape index (κ2) is 6.43. The molecule has 1 saturated heterocycles. The molecule has 0 aliphatic carbocycles. The third kappa shape index (κ3) is 3.42. The summed E-state index contributed by atoms with van der Waals surface area (Å²) in [6.07, 6.45) is 7.67. The molecule has 5 nitrogen and oxygen atoms in total. The maximum atomic E-state index is 5.97. The van der Waals surface area contributed by atoms with Gasteiger partial charge in [-0.15, -0.1) is 0 Å². The monoisotopic (exact) mass is 285 g/mol. The summed E-state index contributed by atoms with van der Waals surface area (Å²) in [6.45, 7) is 1.95. The van der Waals surface area contributed by atoms with Gasteiger partial charge in [0.2, 0.25) is 5.88 Å². The van der Waals surface area contributed by atoms with Gasteiger partial charge in [0.25, 0.3) is 0 Å².